The summed E-state index contributed by atoms with van der Waals surface area (Å²) in [6, 6.07) is 0. The molecule has 0 rings (SSSR count). The number of unbranched alkanes of at least 4 members (excludes halogenated alkanes) is 16. The third-order valence-electron chi connectivity index (χ3n) is 4.71. The van der Waals surface area contributed by atoms with Crippen molar-refractivity contribution < 1.29 is 9.53 Å². The van der Waals surface area contributed by atoms with Crippen molar-refractivity contribution in [2.24, 2.45) is 0 Å². The molecule has 0 aliphatic heterocycles. The van der Waals surface area contributed by atoms with Crippen LogP contribution in [-0.4, -0.2) is 72.2 Å². The Morgan fingerprint density at radius 3 is 1.12 bits per heavy atom. The van der Waals surface area contributed by atoms with Crippen molar-refractivity contribution in [3.05, 3.63) is 0 Å². The summed E-state index contributed by atoms with van der Waals surface area (Å²) in [5.74, 6) is -0.0639. The Labute approximate surface area is 202 Å². The molecule has 142 valence electrons. The molecule has 0 radical (unpaired) electrons. The zero-order valence-corrected chi connectivity index (χ0v) is 16.0. The van der Waals surface area contributed by atoms with Crippen LogP contribution in [0.3, 0.4) is 0 Å². The molecular weight excluding hydrogens is 330 g/mol. The van der Waals surface area contributed by atoms with Gasteiger partial charge in [0.15, 0.2) is 0 Å². The molecule has 0 fully saturated rings. The Bertz CT molecular complexity index is 248. The summed E-state index contributed by atoms with van der Waals surface area (Å²) in [5.41, 5.74) is 0. The third kappa shape index (κ3) is 27.8. The quantitative estimate of drug-likeness (QED) is 0.169. The van der Waals surface area contributed by atoms with Crippen LogP contribution in [0.1, 0.15) is 122 Å². The number of rotatable bonds is 18. The van der Waals surface area contributed by atoms with E-state index >= 15 is 0 Å². The van der Waals surface area contributed by atoms with Crippen molar-refractivity contribution in [1.29, 1.82) is 0 Å². The van der Waals surface area contributed by atoms with Gasteiger partial charge in [0.05, 0.1) is 7.11 Å². The maximum absolute atomic E-state index is 10.9. The molecule has 4 heteroatoms. The van der Waals surface area contributed by atoms with Crippen molar-refractivity contribution >= 4 is 65.1 Å². The zero-order valence-electron chi connectivity index (χ0n) is 16.0. The van der Waals surface area contributed by atoms with Crippen LogP contribution in [0.2, 0.25) is 0 Å². The van der Waals surface area contributed by atoms with Crippen LogP contribution in [0.5, 0.6) is 0 Å². The molecule has 0 N–H and O–H groups in total. The number of ether oxygens (including phenoxy) is 1. The van der Waals surface area contributed by atoms with Gasteiger partial charge in [-0.15, -0.1) is 0 Å². The van der Waals surface area contributed by atoms with E-state index in [0.717, 1.165) is 6.42 Å². The van der Waals surface area contributed by atoms with E-state index in [4.69, 9.17) is 0 Å². The molecule has 0 aromatic rings. The van der Waals surface area contributed by atoms with Crippen molar-refractivity contribution in [2.45, 2.75) is 122 Å². The average molecular weight is 375 g/mol. The van der Waals surface area contributed by atoms with Crippen LogP contribution >= 0.6 is 0 Å². The van der Waals surface area contributed by atoms with Crippen molar-refractivity contribution in [2.75, 3.05) is 7.11 Å². The van der Waals surface area contributed by atoms with Crippen molar-refractivity contribution in [3.63, 3.8) is 0 Å². The summed E-state index contributed by atoms with van der Waals surface area (Å²) in [7, 11) is 1.47. The van der Waals surface area contributed by atoms with Gasteiger partial charge in [0, 0.05) is 6.42 Å². The fourth-order valence-corrected chi connectivity index (χ4v) is 3.10. The van der Waals surface area contributed by atoms with Crippen molar-refractivity contribution in [1.82, 2.24) is 0 Å². The number of esters is 1. The first kappa shape index (κ1) is 31.2. The molecule has 0 heterocycles. The second kappa shape index (κ2) is 27.7. The molecule has 25 heavy (non-hydrogen) atoms. The van der Waals surface area contributed by atoms with E-state index in [1.807, 2.05) is 0 Å². The third-order valence-corrected chi connectivity index (χ3v) is 4.71. The topological polar surface area (TPSA) is 26.3 Å². The molecule has 0 aromatic carbocycles. The van der Waals surface area contributed by atoms with Gasteiger partial charge in [-0.05, 0) is 6.42 Å². The van der Waals surface area contributed by atoms with E-state index in [1.165, 1.54) is 110 Å². The van der Waals surface area contributed by atoms with Gasteiger partial charge in [-0.25, -0.2) is 0 Å². The van der Waals surface area contributed by atoms with Gasteiger partial charge in [-0.2, -0.15) is 0 Å². The van der Waals surface area contributed by atoms with E-state index in [2.05, 4.69) is 11.7 Å². The van der Waals surface area contributed by atoms with Crippen LogP contribution in [0.25, 0.3) is 0 Å². The Hall–Kier alpha value is 1.47. The molecule has 0 amide bonds. The van der Waals surface area contributed by atoms with E-state index in [0.29, 0.717) is 6.42 Å². The predicted octanol–water partition coefficient (Wildman–Crippen LogP) is 5.90. The number of methoxy groups -OCH3 is 1. The van der Waals surface area contributed by atoms with Crippen LogP contribution in [0.15, 0.2) is 0 Å². The van der Waals surface area contributed by atoms with Gasteiger partial charge in [-0.3, -0.25) is 4.79 Å². The second-order valence-corrected chi connectivity index (χ2v) is 6.98. The summed E-state index contributed by atoms with van der Waals surface area (Å²) >= 11 is 0. The van der Waals surface area contributed by atoms with E-state index < -0.39 is 0 Å². The van der Waals surface area contributed by atoms with Crippen molar-refractivity contribution in [3.8, 4) is 0 Å². The summed E-state index contributed by atoms with van der Waals surface area (Å²) in [5, 5.41) is 0. The monoisotopic (exact) mass is 374 g/mol. The molecule has 0 aromatic heterocycles. The Morgan fingerprint density at radius 1 is 0.560 bits per heavy atom. The SMILES string of the molecule is CCCCCCCCCCCCCCCCCCCC(=O)OC.[NaH].[NaH]. The second-order valence-electron chi connectivity index (χ2n) is 6.98. The molecule has 0 aliphatic rings. The normalized spacial score (nSPS) is 10.0. The number of hydrogen-bond acceptors (Lipinski definition) is 2. The fraction of sp³-hybridized carbons (Fsp3) is 0.952. The Kier molecular flexibility index (Phi) is 34.5. The van der Waals surface area contributed by atoms with Gasteiger partial charge in [0.1, 0.15) is 0 Å². The van der Waals surface area contributed by atoms with Gasteiger partial charge in [0.2, 0.25) is 0 Å². The van der Waals surface area contributed by atoms with E-state index in [1.54, 1.807) is 0 Å². The summed E-state index contributed by atoms with van der Waals surface area (Å²) in [6.45, 7) is 2.28. The molecule has 0 saturated heterocycles. The van der Waals surface area contributed by atoms with Crippen LogP contribution < -0.4 is 0 Å². The van der Waals surface area contributed by atoms with Crippen LogP contribution in [0, 0.1) is 0 Å². The molecule has 0 aliphatic carbocycles. The zero-order chi connectivity index (χ0) is 17.0. The van der Waals surface area contributed by atoms with Crippen LogP contribution in [0.4, 0.5) is 0 Å². The summed E-state index contributed by atoms with van der Waals surface area (Å²) in [6.07, 6.45) is 23.9. The minimum atomic E-state index is -0.0639. The first-order valence-corrected chi connectivity index (χ1v) is 10.4. The predicted molar refractivity (Wildman–Crippen MR) is 115 cm³/mol. The molecule has 0 saturated carbocycles. The molecule has 2 nitrogen and oxygen atoms in total. The number of hydrogen-bond donors (Lipinski definition) is 0. The Morgan fingerprint density at radius 2 is 0.840 bits per heavy atom. The van der Waals surface area contributed by atoms with E-state index in [-0.39, 0.29) is 65.1 Å². The van der Waals surface area contributed by atoms with Gasteiger partial charge in [-0.1, -0.05) is 110 Å². The molecule has 0 unspecified atom stereocenters. The molecule has 0 spiro atoms. The molecule has 0 bridgehead atoms. The van der Waals surface area contributed by atoms with Gasteiger partial charge >= 0.3 is 65.1 Å². The Balaban J connectivity index is -0.00000242. The van der Waals surface area contributed by atoms with Gasteiger partial charge in [0.25, 0.3) is 0 Å². The summed E-state index contributed by atoms with van der Waals surface area (Å²) in [4.78, 5) is 10.9. The fourth-order valence-electron chi connectivity index (χ4n) is 3.10. The number of carbonyl (C=O) groups excluding carboxylic acids is 1. The van der Waals surface area contributed by atoms with Gasteiger partial charge < -0.3 is 4.74 Å². The molecular formula is C21H44Na2O2. The first-order valence-electron chi connectivity index (χ1n) is 10.4. The number of carbonyl (C=O) groups is 1. The first-order chi connectivity index (χ1) is 11.3. The summed E-state index contributed by atoms with van der Waals surface area (Å²) < 4.78 is 4.64. The maximum atomic E-state index is 10.9. The minimum absolute atomic E-state index is 0. The molecule has 0 atom stereocenters. The average Bonchev–Trinajstić information content (AvgIpc) is 2.57. The van der Waals surface area contributed by atoms with Crippen LogP contribution in [-0.2, 0) is 9.53 Å². The van der Waals surface area contributed by atoms with E-state index in [9.17, 15) is 4.79 Å². The standard InChI is InChI=1S/C21H42O2.2Na.2H/c1-3-4-5-6-7-8-9-10-11-12-13-14-15-16-17-18-19-20-21(22)23-2;;;;/h3-20H2,1-2H3;;;;.